The molecule has 0 aliphatic carbocycles. The van der Waals surface area contributed by atoms with Crippen molar-refractivity contribution < 1.29 is 4.74 Å². The van der Waals surface area contributed by atoms with E-state index in [1.165, 1.54) is 0 Å². The fourth-order valence-corrected chi connectivity index (χ4v) is 1.55. The van der Waals surface area contributed by atoms with Gasteiger partial charge in [-0.2, -0.15) is 0 Å². The van der Waals surface area contributed by atoms with Crippen LogP contribution in [0.3, 0.4) is 0 Å². The molecule has 1 aromatic carbocycles. The molecular weight excluding hydrogens is 274 g/mol. The molecule has 0 spiro atoms. The smallest absolute Gasteiger partial charge is 0.134 e. The van der Waals surface area contributed by atoms with E-state index in [2.05, 4.69) is 31.9 Å². The minimum absolute atomic E-state index is 0.692. The van der Waals surface area contributed by atoms with Crippen LogP contribution >= 0.6 is 31.9 Å². The number of hydrogen-bond donors (Lipinski definition) is 1. The van der Waals surface area contributed by atoms with Crippen molar-refractivity contribution in [2.45, 2.75) is 0 Å². The van der Waals surface area contributed by atoms with E-state index in [0.717, 1.165) is 14.7 Å². The summed E-state index contributed by atoms with van der Waals surface area (Å²) in [5.74, 6) is 0.770. The predicted molar refractivity (Wildman–Crippen MR) is 52.8 cm³/mol. The maximum atomic E-state index is 5.61. The zero-order valence-corrected chi connectivity index (χ0v) is 9.07. The summed E-state index contributed by atoms with van der Waals surface area (Å²) in [5, 5.41) is 0. The first-order valence-corrected chi connectivity index (χ1v) is 4.52. The molecule has 0 radical (unpaired) electrons. The molecule has 0 bridgehead atoms. The van der Waals surface area contributed by atoms with Gasteiger partial charge in [0.1, 0.15) is 5.75 Å². The Kier molecular flexibility index (Phi) is 2.78. The number of benzene rings is 1. The molecule has 2 N–H and O–H groups in total. The summed E-state index contributed by atoms with van der Waals surface area (Å²) in [5.41, 5.74) is 6.30. The summed E-state index contributed by atoms with van der Waals surface area (Å²) in [4.78, 5) is 0. The Balaban J connectivity index is 3.21. The molecule has 0 amide bonds. The maximum absolute atomic E-state index is 5.61. The number of rotatable bonds is 1. The summed E-state index contributed by atoms with van der Waals surface area (Å²) in [6.07, 6.45) is 0. The van der Waals surface area contributed by atoms with Crippen molar-refractivity contribution in [2.75, 3.05) is 12.8 Å². The molecule has 0 saturated heterocycles. The van der Waals surface area contributed by atoms with Crippen molar-refractivity contribution in [2.24, 2.45) is 0 Å². The van der Waals surface area contributed by atoms with E-state index in [-0.39, 0.29) is 0 Å². The number of halogens is 2. The molecule has 0 aliphatic rings. The molecule has 0 heterocycles. The zero-order valence-electron chi connectivity index (χ0n) is 5.90. The standard InChI is InChI=1S/C7H7Br2NO/c1-11-7-3-4(8)6(10)2-5(7)9/h2-3H,10H2,1H3. The third kappa shape index (κ3) is 1.87. The largest absolute Gasteiger partial charge is 0.496 e. The minimum Gasteiger partial charge on any atom is -0.496 e. The van der Waals surface area contributed by atoms with E-state index in [1.807, 2.05) is 6.07 Å². The highest BCUT2D eigenvalue weighted by molar-refractivity contribution is 9.11. The highest BCUT2D eigenvalue weighted by Crippen LogP contribution is 2.32. The summed E-state index contributed by atoms with van der Waals surface area (Å²) < 4.78 is 6.76. The molecule has 11 heavy (non-hydrogen) atoms. The summed E-state index contributed by atoms with van der Waals surface area (Å²) in [6.45, 7) is 0. The van der Waals surface area contributed by atoms with Crippen LogP contribution in [0.1, 0.15) is 0 Å². The molecule has 4 heteroatoms. The minimum atomic E-state index is 0.692. The van der Waals surface area contributed by atoms with Gasteiger partial charge in [-0.1, -0.05) is 0 Å². The Labute approximate surface area is 82.0 Å². The SMILES string of the molecule is COc1cc(Br)c(N)cc1Br. The molecule has 0 aromatic heterocycles. The second-order valence-electron chi connectivity index (χ2n) is 2.01. The van der Waals surface area contributed by atoms with Gasteiger partial charge < -0.3 is 10.5 Å². The van der Waals surface area contributed by atoms with E-state index in [9.17, 15) is 0 Å². The average Bonchev–Trinajstić information content (AvgIpc) is 1.97. The van der Waals surface area contributed by atoms with Crippen molar-refractivity contribution in [1.82, 2.24) is 0 Å². The fraction of sp³-hybridized carbons (Fsp3) is 0.143. The van der Waals surface area contributed by atoms with Crippen LogP contribution in [0.25, 0.3) is 0 Å². The number of methoxy groups -OCH3 is 1. The molecule has 0 aliphatic heterocycles. The topological polar surface area (TPSA) is 35.2 Å². The molecule has 1 rings (SSSR count). The number of nitrogens with two attached hydrogens (primary N) is 1. The lowest BCUT2D eigenvalue weighted by atomic mass is 10.3. The predicted octanol–water partition coefficient (Wildman–Crippen LogP) is 2.80. The van der Waals surface area contributed by atoms with Gasteiger partial charge >= 0.3 is 0 Å². The molecule has 0 unspecified atom stereocenters. The molecular formula is C7H7Br2NO. The Morgan fingerprint density at radius 2 is 1.91 bits per heavy atom. The summed E-state index contributed by atoms with van der Waals surface area (Å²) >= 11 is 6.61. The van der Waals surface area contributed by atoms with Crippen LogP contribution in [0.4, 0.5) is 5.69 Å². The highest BCUT2D eigenvalue weighted by atomic mass is 79.9. The Bertz CT molecular complexity index is 275. The van der Waals surface area contributed by atoms with Crippen molar-refractivity contribution in [1.29, 1.82) is 0 Å². The molecule has 2 nitrogen and oxygen atoms in total. The molecule has 60 valence electrons. The van der Waals surface area contributed by atoms with Gasteiger partial charge in [0.2, 0.25) is 0 Å². The van der Waals surface area contributed by atoms with Gasteiger partial charge in [-0.05, 0) is 44.0 Å². The average molecular weight is 281 g/mol. The number of hydrogen-bond acceptors (Lipinski definition) is 2. The van der Waals surface area contributed by atoms with E-state index in [1.54, 1.807) is 13.2 Å². The summed E-state index contributed by atoms with van der Waals surface area (Å²) in [7, 11) is 1.61. The van der Waals surface area contributed by atoms with Crippen LogP contribution in [-0.4, -0.2) is 7.11 Å². The number of ether oxygens (including phenoxy) is 1. The van der Waals surface area contributed by atoms with Gasteiger partial charge in [0, 0.05) is 10.2 Å². The third-order valence-corrected chi connectivity index (χ3v) is 2.58. The van der Waals surface area contributed by atoms with Crippen molar-refractivity contribution in [3.05, 3.63) is 21.1 Å². The fourth-order valence-electron chi connectivity index (χ4n) is 0.700. The quantitative estimate of drug-likeness (QED) is 0.803. The van der Waals surface area contributed by atoms with Gasteiger partial charge in [0.15, 0.2) is 0 Å². The summed E-state index contributed by atoms with van der Waals surface area (Å²) in [6, 6.07) is 3.61. The normalized spacial score (nSPS) is 9.73. The first kappa shape index (κ1) is 8.87. The van der Waals surface area contributed by atoms with Crippen LogP contribution in [-0.2, 0) is 0 Å². The zero-order chi connectivity index (χ0) is 8.43. The number of anilines is 1. The third-order valence-electron chi connectivity index (χ3n) is 1.27. The van der Waals surface area contributed by atoms with Gasteiger partial charge in [0.05, 0.1) is 11.6 Å². The van der Waals surface area contributed by atoms with E-state index >= 15 is 0 Å². The van der Waals surface area contributed by atoms with E-state index < -0.39 is 0 Å². The lowest BCUT2D eigenvalue weighted by Crippen LogP contribution is -1.89. The Morgan fingerprint density at radius 3 is 2.45 bits per heavy atom. The monoisotopic (exact) mass is 279 g/mol. The molecule has 1 aromatic rings. The van der Waals surface area contributed by atoms with Crippen LogP contribution in [0.2, 0.25) is 0 Å². The van der Waals surface area contributed by atoms with E-state index in [0.29, 0.717) is 5.69 Å². The van der Waals surface area contributed by atoms with Gasteiger partial charge in [-0.25, -0.2) is 0 Å². The molecule has 0 fully saturated rings. The molecule has 0 saturated carbocycles. The van der Waals surface area contributed by atoms with Gasteiger partial charge in [-0.3, -0.25) is 0 Å². The van der Waals surface area contributed by atoms with Crippen molar-refractivity contribution in [3.8, 4) is 5.75 Å². The van der Waals surface area contributed by atoms with Crippen LogP contribution in [0, 0.1) is 0 Å². The molecule has 0 atom stereocenters. The lowest BCUT2D eigenvalue weighted by molar-refractivity contribution is 0.412. The highest BCUT2D eigenvalue weighted by Gasteiger charge is 2.03. The maximum Gasteiger partial charge on any atom is 0.134 e. The first-order valence-electron chi connectivity index (χ1n) is 2.93. The van der Waals surface area contributed by atoms with Crippen LogP contribution in [0.5, 0.6) is 5.75 Å². The van der Waals surface area contributed by atoms with Crippen molar-refractivity contribution in [3.63, 3.8) is 0 Å². The van der Waals surface area contributed by atoms with E-state index in [4.69, 9.17) is 10.5 Å². The first-order chi connectivity index (χ1) is 5.15. The van der Waals surface area contributed by atoms with Crippen molar-refractivity contribution >= 4 is 37.5 Å². The van der Waals surface area contributed by atoms with Crippen LogP contribution in [0.15, 0.2) is 21.1 Å². The van der Waals surface area contributed by atoms with Crippen LogP contribution < -0.4 is 10.5 Å². The van der Waals surface area contributed by atoms with Gasteiger partial charge in [-0.15, -0.1) is 0 Å². The second-order valence-corrected chi connectivity index (χ2v) is 3.72. The van der Waals surface area contributed by atoms with Gasteiger partial charge in [0.25, 0.3) is 0 Å². The Morgan fingerprint density at radius 1 is 1.27 bits per heavy atom. The lowest BCUT2D eigenvalue weighted by Gasteiger charge is -2.05. The Hall–Kier alpha value is -0.220. The number of nitrogen functional groups attached to an aromatic ring is 1. The second kappa shape index (κ2) is 3.45.